The molecule has 1 aliphatic heterocycles. The first kappa shape index (κ1) is 15.3. The van der Waals surface area contributed by atoms with Crippen molar-refractivity contribution in [2.75, 3.05) is 0 Å². The average Bonchev–Trinajstić information content (AvgIpc) is 2.56. The van der Waals surface area contributed by atoms with Crippen LogP contribution < -0.4 is 0 Å². The zero-order chi connectivity index (χ0) is 14.8. The van der Waals surface area contributed by atoms with Gasteiger partial charge in [0.25, 0.3) is 0 Å². The highest BCUT2D eigenvalue weighted by atomic mass is 16.7. The van der Waals surface area contributed by atoms with Gasteiger partial charge in [0.1, 0.15) is 0 Å². The summed E-state index contributed by atoms with van der Waals surface area (Å²) in [5, 5.41) is 10.1. The van der Waals surface area contributed by atoms with E-state index in [9.17, 15) is 5.11 Å². The van der Waals surface area contributed by atoms with E-state index in [1.807, 2.05) is 64.1 Å². The first-order valence-corrected chi connectivity index (χ1v) is 7.07. The van der Waals surface area contributed by atoms with Crippen molar-refractivity contribution in [3.05, 3.63) is 42.0 Å². The minimum absolute atomic E-state index is 0.347. The zero-order valence-electron chi connectivity index (χ0n) is 12.7. The van der Waals surface area contributed by atoms with Crippen molar-refractivity contribution in [2.24, 2.45) is 0 Å². The normalized spacial score (nSPS) is 22.4. The Morgan fingerprint density at radius 1 is 1.10 bits per heavy atom. The largest absolute Gasteiger partial charge is 0.460 e. The van der Waals surface area contributed by atoms with Crippen LogP contribution >= 0.6 is 0 Å². The lowest BCUT2D eigenvalue weighted by molar-refractivity contribution is 0.00578. The second-order valence-electron chi connectivity index (χ2n) is 6.26. The molecule has 1 unspecified atom stereocenters. The number of aliphatic hydroxyl groups is 1. The SMILES string of the molecule is CC1(C)OB(CC(O)/C=C/c2ccccc2)OC1(C)C. The Balaban J connectivity index is 1.90. The molecule has 0 aromatic heterocycles. The Bertz CT molecular complexity index is 452. The van der Waals surface area contributed by atoms with Crippen molar-refractivity contribution in [2.45, 2.75) is 51.3 Å². The number of hydrogen-bond donors (Lipinski definition) is 1. The molecule has 3 nitrogen and oxygen atoms in total. The van der Waals surface area contributed by atoms with Crippen molar-refractivity contribution >= 4 is 13.2 Å². The number of benzene rings is 1. The lowest BCUT2D eigenvalue weighted by Gasteiger charge is -2.32. The van der Waals surface area contributed by atoms with Crippen molar-refractivity contribution < 1.29 is 14.4 Å². The molecule has 1 aromatic rings. The van der Waals surface area contributed by atoms with E-state index in [1.54, 1.807) is 6.08 Å². The zero-order valence-corrected chi connectivity index (χ0v) is 12.7. The van der Waals surface area contributed by atoms with Gasteiger partial charge in [0.05, 0.1) is 17.3 Å². The van der Waals surface area contributed by atoms with Crippen LogP contribution in [0.1, 0.15) is 33.3 Å². The van der Waals surface area contributed by atoms with E-state index in [2.05, 4.69) is 0 Å². The molecule has 0 spiro atoms. The molecule has 1 saturated heterocycles. The lowest BCUT2D eigenvalue weighted by Crippen LogP contribution is -2.41. The smallest absolute Gasteiger partial charge is 0.403 e. The maximum atomic E-state index is 10.1. The van der Waals surface area contributed by atoms with Crippen LogP contribution in [0.15, 0.2) is 36.4 Å². The van der Waals surface area contributed by atoms with Gasteiger partial charge >= 0.3 is 7.12 Å². The van der Waals surface area contributed by atoms with Crippen LogP contribution in [0.5, 0.6) is 0 Å². The minimum Gasteiger partial charge on any atom is -0.403 e. The molecule has 0 saturated carbocycles. The van der Waals surface area contributed by atoms with E-state index in [4.69, 9.17) is 9.31 Å². The van der Waals surface area contributed by atoms with Gasteiger partial charge in [-0.25, -0.2) is 0 Å². The summed E-state index contributed by atoms with van der Waals surface area (Å²) in [5.41, 5.74) is 0.376. The third kappa shape index (κ3) is 3.51. The summed E-state index contributed by atoms with van der Waals surface area (Å²) in [4.78, 5) is 0. The van der Waals surface area contributed by atoms with E-state index in [0.717, 1.165) is 5.56 Å². The molecule has 1 aliphatic rings. The van der Waals surface area contributed by atoms with Crippen LogP contribution in [0.25, 0.3) is 6.08 Å². The van der Waals surface area contributed by atoms with Gasteiger partial charge in [0, 0.05) is 6.32 Å². The molecular formula is C16H23BO3. The summed E-state index contributed by atoms with van der Waals surface area (Å²) in [5.74, 6) is 0. The van der Waals surface area contributed by atoms with Crippen molar-refractivity contribution in [3.8, 4) is 0 Å². The van der Waals surface area contributed by atoms with Gasteiger partial charge in [0.15, 0.2) is 0 Å². The molecule has 0 radical (unpaired) electrons. The fourth-order valence-corrected chi connectivity index (χ4v) is 2.12. The summed E-state index contributed by atoms with van der Waals surface area (Å²) in [6, 6.07) is 9.91. The van der Waals surface area contributed by atoms with Crippen LogP contribution in [0.3, 0.4) is 0 Å². The van der Waals surface area contributed by atoms with Crippen LogP contribution in [0, 0.1) is 0 Å². The summed E-state index contributed by atoms with van der Waals surface area (Å²) in [6.45, 7) is 8.05. The number of aliphatic hydroxyl groups excluding tert-OH is 1. The van der Waals surface area contributed by atoms with Gasteiger partial charge in [-0.15, -0.1) is 0 Å². The highest BCUT2D eigenvalue weighted by molar-refractivity contribution is 6.45. The van der Waals surface area contributed by atoms with E-state index >= 15 is 0 Å². The maximum Gasteiger partial charge on any atom is 0.460 e. The van der Waals surface area contributed by atoms with Crippen molar-refractivity contribution in [3.63, 3.8) is 0 Å². The molecule has 108 valence electrons. The number of hydrogen-bond acceptors (Lipinski definition) is 3. The van der Waals surface area contributed by atoms with E-state index in [1.165, 1.54) is 0 Å². The fraction of sp³-hybridized carbons (Fsp3) is 0.500. The Morgan fingerprint density at radius 3 is 2.20 bits per heavy atom. The average molecular weight is 274 g/mol. The first-order valence-electron chi connectivity index (χ1n) is 7.07. The molecule has 2 rings (SSSR count). The summed E-state index contributed by atoms with van der Waals surface area (Å²) < 4.78 is 11.7. The lowest BCUT2D eigenvalue weighted by atomic mass is 9.81. The Hall–Kier alpha value is -1.10. The fourth-order valence-electron chi connectivity index (χ4n) is 2.12. The van der Waals surface area contributed by atoms with Gasteiger partial charge in [-0.1, -0.05) is 42.5 Å². The highest BCUT2D eigenvalue weighted by Gasteiger charge is 2.51. The van der Waals surface area contributed by atoms with Crippen molar-refractivity contribution in [1.82, 2.24) is 0 Å². The predicted octanol–water partition coefficient (Wildman–Crippen LogP) is 3.15. The van der Waals surface area contributed by atoms with Gasteiger partial charge in [0.2, 0.25) is 0 Å². The topological polar surface area (TPSA) is 38.7 Å². The second-order valence-corrected chi connectivity index (χ2v) is 6.26. The predicted molar refractivity (Wildman–Crippen MR) is 82.4 cm³/mol. The van der Waals surface area contributed by atoms with Crippen LogP contribution in [0.2, 0.25) is 6.32 Å². The Labute approximate surface area is 121 Å². The van der Waals surface area contributed by atoms with E-state index in [-0.39, 0.29) is 18.3 Å². The molecule has 0 aliphatic carbocycles. The van der Waals surface area contributed by atoms with Gasteiger partial charge < -0.3 is 14.4 Å². The molecule has 0 amide bonds. The van der Waals surface area contributed by atoms with Crippen LogP contribution in [-0.4, -0.2) is 29.5 Å². The molecule has 4 heteroatoms. The first-order chi connectivity index (χ1) is 9.30. The van der Waals surface area contributed by atoms with Gasteiger partial charge in [-0.05, 0) is 33.3 Å². The number of rotatable bonds is 4. The second kappa shape index (κ2) is 5.72. The monoisotopic (exact) mass is 274 g/mol. The quantitative estimate of drug-likeness (QED) is 0.857. The Kier molecular flexibility index (Phi) is 4.38. The molecule has 1 atom stereocenters. The van der Waals surface area contributed by atoms with Gasteiger partial charge in [-0.3, -0.25) is 0 Å². The molecule has 20 heavy (non-hydrogen) atoms. The molecule has 1 heterocycles. The van der Waals surface area contributed by atoms with E-state index < -0.39 is 6.10 Å². The molecular weight excluding hydrogens is 251 g/mol. The maximum absolute atomic E-state index is 10.1. The third-order valence-electron chi connectivity index (χ3n) is 4.05. The van der Waals surface area contributed by atoms with E-state index in [0.29, 0.717) is 6.32 Å². The molecule has 1 fully saturated rings. The summed E-state index contributed by atoms with van der Waals surface area (Å²) in [6.07, 6.45) is 3.55. The standard InChI is InChI=1S/C16H23BO3/c1-15(2)16(3,4)20-17(19-15)12-14(18)11-10-13-8-6-5-7-9-13/h5-11,14,18H,12H2,1-4H3/b11-10+. The molecule has 1 N–H and O–H groups in total. The summed E-state index contributed by atoms with van der Waals surface area (Å²) >= 11 is 0. The highest BCUT2D eigenvalue weighted by Crippen LogP contribution is 2.38. The van der Waals surface area contributed by atoms with Gasteiger partial charge in [-0.2, -0.15) is 0 Å². The minimum atomic E-state index is -0.579. The molecule has 1 aromatic carbocycles. The van der Waals surface area contributed by atoms with Crippen LogP contribution in [0.4, 0.5) is 0 Å². The van der Waals surface area contributed by atoms with Crippen LogP contribution in [-0.2, 0) is 9.31 Å². The van der Waals surface area contributed by atoms with Crippen molar-refractivity contribution in [1.29, 1.82) is 0 Å². The summed E-state index contributed by atoms with van der Waals surface area (Å²) in [7, 11) is -0.365. The third-order valence-corrected chi connectivity index (χ3v) is 4.05. The Morgan fingerprint density at radius 2 is 1.65 bits per heavy atom. The molecule has 0 bridgehead atoms.